The van der Waals surface area contributed by atoms with Crippen molar-refractivity contribution in [1.82, 2.24) is 4.90 Å². The van der Waals surface area contributed by atoms with Crippen LogP contribution in [0.2, 0.25) is 0 Å². The molecule has 1 aromatic rings. The van der Waals surface area contributed by atoms with Gasteiger partial charge >= 0.3 is 5.97 Å². The maximum absolute atomic E-state index is 12.3. The summed E-state index contributed by atoms with van der Waals surface area (Å²) in [6, 6.07) is 8.37. The Hall–Kier alpha value is -1.13. The molecule has 3 nitrogen and oxygen atoms in total. The zero-order chi connectivity index (χ0) is 17.3. The number of rotatable bonds is 4. The molecule has 0 spiro atoms. The number of halogens is 1. The third-order valence-electron chi connectivity index (χ3n) is 5.17. The van der Waals surface area contributed by atoms with E-state index in [0.29, 0.717) is 17.8 Å². The monoisotopic (exact) mass is 391 g/mol. The van der Waals surface area contributed by atoms with Gasteiger partial charge in [-0.25, -0.2) is 4.79 Å². The van der Waals surface area contributed by atoms with Crippen LogP contribution in [0.5, 0.6) is 0 Å². The van der Waals surface area contributed by atoms with Crippen LogP contribution >= 0.6 is 15.9 Å². The Morgan fingerprint density at radius 2 is 2.08 bits per heavy atom. The van der Waals surface area contributed by atoms with E-state index in [1.165, 1.54) is 12.7 Å². The number of hydrogen-bond donors (Lipinski definition) is 0. The van der Waals surface area contributed by atoms with Gasteiger partial charge in [0, 0.05) is 41.5 Å². The number of methoxy groups -OCH3 is 1. The second kappa shape index (κ2) is 7.40. The minimum absolute atomic E-state index is 0.165. The zero-order valence-corrected chi connectivity index (χ0v) is 16.3. The van der Waals surface area contributed by atoms with Crippen LogP contribution < -0.4 is 0 Å². The Kier molecular flexibility index (Phi) is 5.46. The number of carbonyl (C=O) groups excluding carboxylic acids is 1. The second-order valence-corrected chi connectivity index (χ2v) is 8.32. The van der Waals surface area contributed by atoms with Crippen LogP contribution in [0.1, 0.15) is 31.7 Å². The van der Waals surface area contributed by atoms with Crippen LogP contribution in [-0.4, -0.2) is 37.6 Å². The number of esters is 1. The summed E-state index contributed by atoms with van der Waals surface area (Å²) < 4.78 is 6.19. The molecule has 0 saturated carbocycles. The van der Waals surface area contributed by atoms with Gasteiger partial charge in [0.05, 0.1) is 7.11 Å². The average Bonchev–Trinajstić information content (AvgIpc) is 2.54. The molecule has 3 atom stereocenters. The fraction of sp³-hybridized carbons (Fsp3) is 0.550. The van der Waals surface area contributed by atoms with Crippen molar-refractivity contribution >= 4 is 21.9 Å². The number of piperidine rings is 1. The SMILES string of the molecule is COC(=O)C1=C[C@H](c2ccccc2Br)[C@H]2C[C@@H]1CN(CC(C)C)C2. The van der Waals surface area contributed by atoms with Crippen LogP contribution in [0.4, 0.5) is 0 Å². The van der Waals surface area contributed by atoms with Crippen molar-refractivity contribution in [3.8, 4) is 0 Å². The predicted molar refractivity (Wildman–Crippen MR) is 99.9 cm³/mol. The number of carbonyl (C=O) groups is 1. The average molecular weight is 392 g/mol. The van der Waals surface area contributed by atoms with Gasteiger partial charge in [0.1, 0.15) is 0 Å². The summed E-state index contributed by atoms with van der Waals surface area (Å²) in [7, 11) is 1.48. The summed E-state index contributed by atoms with van der Waals surface area (Å²) in [4.78, 5) is 14.9. The van der Waals surface area contributed by atoms with Gasteiger partial charge in [0.15, 0.2) is 0 Å². The van der Waals surface area contributed by atoms with Crippen LogP contribution in [0.15, 0.2) is 40.4 Å². The second-order valence-electron chi connectivity index (χ2n) is 7.47. The summed E-state index contributed by atoms with van der Waals surface area (Å²) in [5, 5.41) is 0. The molecule has 0 N–H and O–H groups in total. The molecule has 130 valence electrons. The highest BCUT2D eigenvalue weighted by Gasteiger charge is 2.40. The van der Waals surface area contributed by atoms with Crippen molar-refractivity contribution in [3.05, 3.63) is 46.0 Å². The maximum Gasteiger partial charge on any atom is 0.333 e. The smallest absolute Gasteiger partial charge is 0.333 e. The molecule has 0 radical (unpaired) electrons. The van der Waals surface area contributed by atoms with Gasteiger partial charge < -0.3 is 9.64 Å². The number of allylic oxidation sites excluding steroid dienone is 1. The van der Waals surface area contributed by atoms with Crippen LogP contribution in [0, 0.1) is 17.8 Å². The minimum atomic E-state index is -0.165. The summed E-state index contributed by atoms with van der Waals surface area (Å²) in [5.74, 6) is 1.59. The molecule has 3 rings (SSSR count). The third-order valence-corrected chi connectivity index (χ3v) is 5.90. The van der Waals surface area contributed by atoms with E-state index in [2.05, 4.69) is 59.0 Å². The molecule has 1 aliphatic carbocycles. The molecule has 0 aromatic heterocycles. The molecule has 1 heterocycles. The summed E-state index contributed by atoms with van der Waals surface area (Å²) >= 11 is 3.69. The molecule has 1 fully saturated rings. The van der Waals surface area contributed by atoms with E-state index in [0.717, 1.165) is 36.1 Å². The first-order valence-electron chi connectivity index (χ1n) is 8.76. The van der Waals surface area contributed by atoms with E-state index >= 15 is 0 Å². The fourth-order valence-electron chi connectivity index (χ4n) is 4.29. The lowest BCUT2D eigenvalue weighted by atomic mass is 9.69. The van der Waals surface area contributed by atoms with Crippen molar-refractivity contribution in [2.45, 2.75) is 26.2 Å². The van der Waals surface area contributed by atoms with Crippen LogP contribution in [-0.2, 0) is 9.53 Å². The summed E-state index contributed by atoms with van der Waals surface area (Å²) in [5.41, 5.74) is 2.14. The molecule has 24 heavy (non-hydrogen) atoms. The Morgan fingerprint density at radius 3 is 2.75 bits per heavy atom. The number of ether oxygens (including phenoxy) is 1. The minimum Gasteiger partial charge on any atom is -0.466 e. The molecule has 1 aromatic carbocycles. The third kappa shape index (κ3) is 3.60. The largest absolute Gasteiger partial charge is 0.466 e. The molecule has 0 unspecified atom stereocenters. The van der Waals surface area contributed by atoms with E-state index < -0.39 is 0 Å². The highest BCUT2D eigenvalue weighted by molar-refractivity contribution is 9.10. The predicted octanol–water partition coefficient (Wildman–Crippen LogP) is 4.24. The normalized spacial score (nSPS) is 27.0. The fourth-order valence-corrected chi connectivity index (χ4v) is 4.84. The molecule has 0 amide bonds. The Morgan fingerprint density at radius 1 is 1.33 bits per heavy atom. The quantitative estimate of drug-likeness (QED) is 0.718. The van der Waals surface area contributed by atoms with Gasteiger partial charge in [-0.2, -0.15) is 0 Å². The number of nitrogens with zero attached hydrogens (tertiary/aromatic N) is 1. The number of likely N-dealkylation sites (tertiary alicyclic amines) is 1. The lowest BCUT2D eigenvalue weighted by molar-refractivity contribution is -0.137. The highest BCUT2D eigenvalue weighted by atomic mass is 79.9. The van der Waals surface area contributed by atoms with Crippen molar-refractivity contribution in [3.63, 3.8) is 0 Å². The molecule has 2 bridgehead atoms. The Bertz CT molecular complexity index is 640. The molecule has 2 aliphatic rings. The first-order valence-corrected chi connectivity index (χ1v) is 9.55. The lowest BCUT2D eigenvalue weighted by Gasteiger charge is -2.45. The topological polar surface area (TPSA) is 29.5 Å². The van der Waals surface area contributed by atoms with Gasteiger partial charge in [-0.1, -0.05) is 54.1 Å². The number of fused-ring (bicyclic) bond motifs is 2. The number of benzene rings is 1. The van der Waals surface area contributed by atoms with Gasteiger partial charge in [-0.05, 0) is 29.9 Å². The van der Waals surface area contributed by atoms with E-state index in [1.54, 1.807) is 0 Å². The molecule has 1 aliphatic heterocycles. The van der Waals surface area contributed by atoms with Crippen LogP contribution in [0.25, 0.3) is 0 Å². The number of hydrogen-bond acceptors (Lipinski definition) is 3. The van der Waals surface area contributed by atoms with E-state index in [-0.39, 0.29) is 11.9 Å². The van der Waals surface area contributed by atoms with Gasteiger partial charge in [-0.3, -0.25) is 0 Å². The van der Waals surface area contributed by atoms with Crippen molar-refractivity contribution in [2.75, 3.05) is 26.7 Å². The molecular formula is C20H26BrNO2. The molecular weight excluding hydrogens is 366 g/mol. The summed E-state index contributed by atoms with van der Waals surface area (Å²) in [6.07, 6.45) is 3.25. The van der Waals surface area contributed by atoms with Crippen molar-refractivity contribution in [2.24, 2.45) is 17.8 Å². The molecule has 1 saturated heterocycles. The van der Waals surface area contributed by atoms with Crippen molar-refractivity contribution < 1.29 is 9.53 Å². The van der Waals surface area contributed by atoms with Gasteiger partial charge in [0.2, 0.25) is 0 Å². The Labute approximate surface area is 153 Å². The lowest BCUT2D eigenvalue weighted by Crippen LogP contribution is -2.47. The Balaban J connectivity index is 1.97. The van der Waals surface area contributed by atoms with Crippen LogP contribution in [0.3, 0.4) is 0 Å². The van der Waals surface area contributed by atoms with E-state index in [1.807, 2.05) is 6.07 Å². The van der Waals surface area contributed by atoms with E-state index in [4.69, 9.17) is 4.74 Å². The maximum atomic E-state index is 12.3. The van der Waals surface area contributed by atoms with Crippen molar-refractivity contribution in [1.29, 1.82) is 0 Å². The van der Waals surface area contributed by atoms with Gasteiger partial charge in [0.25, 0.3) is 0 Å². The highest BCUT2D eigenvalue weighted by Crippen LogP contribution is 2.44. The first-order chi connectivity index (χ1) is 11.5. The zero-order valence-electron chi connectivity index (χ0n) is 14.7. The summed E-state index contributed by atoms with van der Waals surface area (Å²) in [6.45, 7) is 7.67. The van der Waals surface area contributed by atoms with E-state index in [9.17, 15) is 4.79 Å². The standard InChI is InChI=1S/C20H26BrNO2/c1-13(2)10-22-11-14-8-15(12-22)18(20(23)24-3)9-17(14)16-6-4-5-7-19(16)21/h4-7,9,13-15,17H,8,10-12H2,1-3H3/t14-,15+,17-/m0/s1. The molecule has 4 heteroatoms. The van der Waals surface area contributed by atoms with Gasteiger partial charge in [-0.15, -0.1) is 0 Å². The first kappa shape index (κ1) is 17.7.